The third-order valence-corrected chi connectivity index (χ3v) is 5.70. The largest absolute Gasteiger partial charge is 0.497 e. The van der Waals surface area contributed by atoms with E-state index in [9.17, 15) is 0 Å². The molecule has 0 aliphatic carbocycles. The van der Waals surface area contributed by atoms with Crippen molar-refractivity contribution in [1.29, 1.82) is 0 Å². The standard InChI is InChI=1S/C22H33N5O2/c1-15-16(2)29-20(26-15)14-25-22(23-3)24-13-18-7-6-12-27(4)21(18)17-8-10-19(28-5)11-9-17/h8-11,18,21H,6-7,12-14H2,1-5H3,(H2,23,24,25). The molecule has 29 heavy (non-hydrogen) atoms. The van der Waals surface area contributed by atoms with Gasteiger partial charge in [0.15, 0.2) is 5.96 Å². The summed E-state index contributed by atoms with van der Waals surface area (Å²) < 4.78 is 11.0. The highest BCUT2D eigenvalue weighted by molar-refractivity contribution is 5.79. The fourth-order valence-electron chi connectivity index (χ4n) is 4.02. The Hall–Kier alpha value is -2.54. The van der Waals surface area contributed by atoms with Gasteiger partial charge in [0.1, 0.15) is 11.5 Å². The smallest absolute Gasteiger partial charge is 0.214 e. The molecule has 1 aromatic heterocycles. The first-order valence-electron chi connectivity index (χ1n) is 10.2. The second kappa shape index (κ2) is 9.78. The molecule has 0 bridgehead atoms. The molecule has 1 aliphatic heterocycles. The van der Waals surface area contributed by atoms with Crippen molar-refractivity contribution in [2.45, 2.75) is 39.3 Å². The average molecular weight is 400 g/mol. The third kappa shape index (κ3) is 5.29. The zero-order valence-electron chi connectivity index (χ0n) is 18.2. The fourth-order valence-corrected chi connectivity index (χ4v) is 4.02. The van der Waals surface area contributed by atoms with E-state index in [1.54, 1.807) is 14.2 Å². The third-order valence-electron chi connectivity index (χ3n) is 5.70. The Morgan fingerprint density at radius 1 is 1.28 bits per heavy atom. The Bertz CT molecular complexity index is 796. The lowest BCUT2D eigenvalue weighted by atomic mass is 9.85. The molecule has 2 atom stereocenters. The minimum absolute atomic E-state index is 0.373. The highest BCUT2D eigenvalue weighted by Gasteiger charge is 2.30. The van der Waals surface area contributed by atoms with Gasteiger partial charge in [-0.1, -0.05) is 12.1 Å². The topological polar surface area (TPSA) is 74.9 Å². The molecule has 0 spiro atoms. The Morgan fingerprint density at radius 2 is 2.03 bits per heavy atom. The average Bonchev–Trinajstić information content (AvgIpc) is 3.05. The number of hydrogen-bond donors (Lipinski definition) is 2. The number of rotatable bonds is 6. The van der Waals surface area contributed by atoms with E-state index in [-0.39, 0.29) is 0 Å². The summed E-state index contributed by atoms with van der Waals surface area (Å²) in [5, 5.41) is 6.79. The molecule has 1 aromatic carbocycles. The highest BCUT2D eigenvalue weighted by atomic mass is 16.5. The predicted molar refractivity (Wildman–Crippen MR) is 115 cm³/mol. The summed E-state index contributed by atoms with van der Waals surface area (Å²) in [4.78, 5) is 11.2. The lowest BCUT2D eigenvalue weighted by Gasteiger charge is -2.40. The molecule has 1 saturated heterocycles. The molecular formula is C22H33N5O2. The van der Waals surface area contributed by atoms with E-state index in [1.807, 2.05) is 26.0 Å². The van der Waals surface area contributed by atoms with Crippen LogP contribution < -0.4 is 15.4 Å². The number of benzene rings is 1. The molecule has 2 unspecified atom stereocenters. The number of oxazole rings is 1. The van der Waals surface area contributed by atoms with Crippen molar-refractivity contribution < 1.29 is 9.15 Å². The van der Waals surface area contributed by atoms with Crippen LogP contribution in [0.15, 0.2) is 33.7 Å². The molecule has 2 heterocycles. The minimum Gasteiger partial charge on any atom is -0.497 e. The molecular weight excluding hydrogens is 366 g/mol. The van der Waals surface area contributed by atoms with Crippen LogP contribution in [0.3, 0.4) is 0 Å². The van der Waals surface area contributed by atoms with Gasteiger partial charge in [0, 0.05) is 19.6 Å². The van der Waals surface area contributed by atoms with Crippen molar-refractivity contribution >= 4 is 5.96 Å². The van der Waals surface area contributed by atoms with Gasteiger partial charge in [-0.25, -0.2) is 4.98 Å². The SMILES string of the molecule is CN=C(NCc1nc(C)c(C)o1)NCC1CCCN(C)C1c1ccc(OC)cc1. The van der Waals surface area contributed by atoms with E-state index in [4.69, 9.17) is 9.15 Å². The number of aromatic nitrogens is 1. The highest BCUT2D eigenvalue weighted by Crippen LogP contribution is 2.35. The Labute approximate surface area is 173 Å². The zero-order chi connectivity index (χ0) is 20.8. The second-order valence-electron chi connectivity index (χ2n) is 7.66. The molecule has 1 fully saturated rings. The molecule has 2 aromatic rings. The molecule has 2 N–H and O–H groups in total. The molecule has 3 rings (SSSR count). The van der Waals surface area contributed by atoms with Gasteiger partial charge in [-0.3, -0.25) is 9.89 Å². The zero-order valence-corrected chi connectivity index (χ0v) is 18.2. The number of piperidine rings is 1. The van der Waals surface area contributed by atoms with Crippen LogP contribution in [0.25, 0.3) is 0 Å². The van der Waals surface area contributed by atoms with Gasteiger partial charge < -0.3 is 19.8 Å². The second-order valence-corrected chi connectivity index (χ2v) is 7.66. The molecule has 0 radical (unpaired) electrons. The number of methoxy groups -OCH3 is 1. The number of guanidine groups is 1. The number of aryl methyl sites for hydroxylation is 2. The van der Waals surface area contributed by atoms with Gasteiger partial charge in [0.05, 0.1) is 19.3 Å². The monoisotopic (exact) mass is 399 g/mol. The molecule has 0 amide bonds. The number of ether oxygens (including phenoxy) is 1. The van der Waals surface area contributed by atoms with Gasteiger partial charge in [0.2, 0.25) is 5.89 Å². The van der Waals surface area contributed by atoms with Crippen LogP contribution in [-0.4, -0.2) is 50.1 Å². The number of aliphatic imine (C=N–C) groups is 1. The fraction of sp³-hybridized carbons (Fsp3) is 0.545. The Kier molecular flexibility index (Phi) is 7.14. The summed E-state index contributed by atoms with van der Waals surface area (Å²) >= 11 is 0. The summed E-state index contributed by atoms with van der Waals surface area (Å²) in [6, 6.07) is 8.82. The van der Waals surface area contributed by atoms with Crippen LogP contribution in [0.4, 0.5) is 0 Å². The summed E-state index contributed by atoms with van der Waals surface area (Å²) in [5.41, 5.74) is 2.26. The maximum Gasteiger partial charge on any atom is 0.214 e. The number of nitrogens with one attached hydrogen (secondary N) is 2. The van der Waals surface area contributed by atoms with E-state index < -0.39 is 0 Å². The van der Waals surface area contributed by atoms with Crippen molar-refractivity contribution in [3.05, 3.63) is 47.2 Å². The summed E-state index contributed by atoms with van der Waals surface area (Å²) in [6.07, 6.45) is 2.39. The van der Waals surface area contributed by atoms with E-state index in [2.05, 4.69) is 44.7 Å². The van der Waals surface area contributed by atoms with Gasteiger partial charge in [-0.15, -0.1) is 0 Å². The van der Waals surface area contributed by atoms with E-state index in [0.717, 1.165) is 36.3 Å². The molecule has 158 valence electrons. The first-order valence-corrected chi connectivity index (χ1v) is 10.2. The Morgan fingerprint density at radius 3 is 2.66 bits per heavy atom. The van der Waals surface area contributed by atoms with Crippen molar-refractivity contribution in [3.8, 4) is 5.75 Å². The van der Waals surface area contributed by atoms with Crippen LogP contribution in [-0.2, 0) is 6.54 Å². The Balaban J connectivity index is 1.61. The van der Waals surface area contributed by atoms with Crippen LogP contribution in [0.5, 0.6) is 5.75 Å². The van der Waals surface area contributed by atoms with Gasteiger partial charge in [-0.05, 0) is 63.9 Å². The summed E-state index contributed by atoms with van der Waals surface area (Å²) in [7, 11) is 5.70. The van der Waals surface area contributed by atoms with Crippen molar-refractivity contribution in [3.63, 3.8) is 0 Å². The van der Waals surface area contributed by atoms with Gasteiger partial charge >= 0.3 is 0 Å². The van der Waals surface area contributed by atoms with Crippen LogP contribution >= 0.6 is 0 Å². The van der Waals surface area contributed by atoms with Crippen LogP contribution in [0.1, 0.15) is 41.8 Å². The molecule has 1 aliphatic rings. The van der Waals surface area contributed by atoms with Crippen molar-refractivity contribution in [1.82, 2.24) is 20.5 Å². The van der Waals surface area contributed by atoms with Crippen molar-refractivity contribution in [2.75, 3.05) is 34.3 Å². The van der Waals surface area contributed by atoms with E-state index >= 15 is 0 Å². The number of hydrogen-bond acceptors (Lipinski definition) is 5. The summed E-state index contributed by atoms with van der Waals surface area (Å²) in [5.74, 6) is 3.68. The van der Waals surface area contributed by atoms with E-state index in [1.165, 1.54) is 18.4 Å². The number of likely N-dealkylation sites (tertiary alicyclic amines) is 1. The predicted octanol–water partition coefficient (Wildman–Crippen LogP) is 3.05. The summed E-state index contributed by atoms with van der Waals surface area (Å²) in [6.45, 7) is 6.36. The lowest BCUT2D eigenvalue weighted by Crippen LogP contribution is -2.44. The molecule has 0 saturated carbocycles. The molecule has 7 heteroatoms. The minimum atomic E-state index is 0.373. The normalized spacial score (nSPS) is 20.5. The number of nitrogens with zero attached hydrogens (tertiary/aromatic N) is 3. The first-order chi connectivity index (χ1) is 14.0. The first kappa shape index (κ1) is 21.2. The van der Waals surface area contributed by atoms with Gasteiger partial charge in [-0.2, -0.15) is 0 Å². The van der Waals surface area contributed by atoms with E-state index in [0.29, 0.717) is 24.4 Å². The van der Waals surface area contributed by atoms with Crippen molar-refractivity contribution in [2.24, 2.45) is 10.9 Å². The molecule has 7 nitrogen and oxygen atoms in total. The van der Waals surface area contributed by atoms with Crippen LogP contribution in [0, 0.1) is 19.8 Å². The van der Waals surface area contributed by atoms with Crippen LogP contribution in [0.2, 0.25) is 0 Å². The maximum absolute atomic E-state index is 5.64. The lowest BCUT2D eigenvalue weighted by molar-refractivity contribution is 0.122. The maximum atomic E-state index is 5.64. The quantitative estimate of drug-likeness (QED) is 0.574. The van der Waals surface area contributed by atoms with Gasteiger partial charge in [0.25, 0.3) is 0 Å².